The highest BCUT2D eigenvalue weighted by atomic mass is 16.2. The van der Waals surface area contributed by atoms with Crippen LogP contribution in [-0.4, -0.2) is 33.4 Å². The molecule has 0 aromatic carbocycles. The number of anilines is 1. The van der Waals surface area contributed by atoms with Crippen LogP contribution < -0.4 is 10.9 Å². The third-order valence-electron chi connectivity index (χ3n) is 4.68. The fraction of sp³-hybridized carbons (Fsp3) is 0.368. The lowest BCUT2D eigenvalue weighted by molar-refractivity contribution is 0.300. The molecule has 3 aromatic heterocycles. The van der Waals surface area contributed by atoms with E-state index in [-0.39, 0.29) is 6.61 Å². The van der Waals surface area contributed by atoms with Crippen molar-refractivity contribution in [3.63, 3.8) is 0 Å². The van der Waals surface area contributed by atoms with Crippen molar-refractivity contribution >= 4 is 24.2 Å². The molecular weight excluding hydrogens is 311 g/mol. The van der Waals surface area contributed by atoms with E-state index in [1.54, 1.807) is 0 Å². The van der Waals surface area contributed by atoms with Crippen LogP contribution in [0.15, 0.2) is 36.8 Å². The molecule has 1 aliphatic rings. The summed E-state index contributed by atoms with van der Waals surface area (Å²) in [6.45, 7) is 2.79. The van der Waals surface area contributed by atoms with Crippen LogP contribution in [0.5, 0.6) is 0 Å². The number of nitrogens with one attached hydrogen (secondary N) is 1. The minimum Gasteiger partial charge on any atom is -0.396 e. The molecule has 4 rings (SSSR count). The Hall–Kier alpha value is -2.34. The number of pyridine rings is 2. The topological polar surface area (TPSA) is 62.5 Å². The number of aliphatic hydroxyl groups is 1. The Bertz CT molecular complexity index is 888. The van der Waals surface area contributed by atoms with E-state index in [2.05, 4.69) is 33.2 Å². The summed E-state index contributed by atoms with van der Waals surface area (Å²) in [5.74, 6) is 0.686. The maximum absolute atomic E-state index is 9.37. The lowest BCUT2D eigenvalue weighted by atomic mass is 9.77. The molecule has 3 aromatic rings. The number of aromatic nitrogens is 3. The van der Waals surface area contributed by atoms with Crippen LogP contribution in [0.1, 0.15) is 35.6 Å². The van der Waals surface area contributed by atoms with Gasteiger partial charge in [0, 0.05) is 30.9 Å². The first-order valence-corrected chi connectivity index (χ1v) is 8.87. The summed E-state index contributed by atoms with van der Waals surface area (Å²) >= 11 is 0. The van der Waals surface area contributed by atoms with E-state index >= 15 is 0 Å². The SMILES string of the molecule is C[B]c1cc(NCc2cn3cc(C4CC4)cc(CCO)c3n2)ccn1. The molecule has 1 saturated carbocycles. The monoisotopic (exact) mass is 333 g/mol. The molecule has 1 radical (unpaired) electrons. The fourth-order valence-corrected chi connectivity index (χ4v) is 3.18. The van der Waals surface area contributed by atoms with E-state index in [0.29, 0.717) is 18.9 Å². The van der Waals surface area contributed by atoms with Crippen LogP contribution >= 0.6 is 0 Å². The van der Waals surface area contributed by atoms with Gasteiger partial charge in [-0.3, -0.25) is 4.98 Å². The second-order valence-electron chi connectivity index (χ2n) is 6.62. The van der Waals surface area contributed by atoms with Gasteiger partial charge in [-0.05, 0) is 54.0 Å². The van der Waals surface area contributed by atoms with Gasteiger partial charge in [0.15, 0.2) is 7.28 Å². The summed E-state index contributed by atoms with van der Waals surface area (Å²) in [6.07, 6.45) is 9.28. The predicted octanol–water partition coefficient (Wildman–Crippen LogP) is 2.13. The highest BCUT2D eigenvalue weighted by Gasteiger charge is 2.25. The highest BCUT2D eigenvalue weighted by Crippen LogP contribution is 2.40. The van der Waals surface area contributed by atoms with E-state index in [1.165, 1.54) is 18.4 Å². The minimum absolute atomic E-state index is 0.150. The van der Waals surface area contributed by atoms with Crippen LogP contribution in [0.2, 0.25) is 6.82 Å². The molecule has 0 bridgehead atoms. The quantitative estimate of drug-likeness (QED) is 0.650. The van der Waals surface area contributed by atoms with Gasteiger partial charge in [-0.15, -0.1) is 0 Å². The number of nitrogens with zero attached hydrogens (tertiary/aromatic N) is 3. The molecule has 1 aliphatic carbocycles. The lowest BCUT2D eigenvalue weighted by Gasteiger charge is -2.06. The molecule has 6 heteroatoms. The van der Waals surface area contributed by atoms with Gasteiger partial charge in [-0.2, -0.15) is 0 Å². The van der Waals surface area contributed by atoms with E-state index in [0.717, 1.165) is 28.2 Å². The molecule has 25 heavy (non-hydrogen) atoms. The average molecular weight is 333 g/mol. The smallest absolute Gasteiger partial charge is 0.174 e. The van der Waals surface area contributed by atoms with Crippen molar-refractivity contribution in [1.29, 1.82) is 0 Å². The maximum Gasteiger partial charge on any atom is 0.174 e. The van der Waals surface area contributed by atoms with E-state index in [9.17, 15) is 5.11 Å². The molecule has 0 amide bonds. The van der Waals surface area contributed by atoms with Crippen molar-refractivity contribution in [2.24, 2.45) is 0 Å². The molecular formula is C19H22BN4O. The Morgan fingerprint density at radius 3 is 2.96 bits per heavy atom. The van der Waals surface area contributed by atoms with Crippen molar-refractivity contribution in [1.82, 2.24) is 14.4 Å². The molecule has 0 saturated heterocycles. The Morgan fingerprint density at radius 1 is 1.32 bits per heavy atom. The fourth-order valence-electron chi connectivity index (χ4n) is 3.18. The molecule has 0 spiro atoms. The number of hydrogen-bond donors (Lipinski definition) is 2. The van der Waals surface area contributed by atoms with Gasteiger partial charge < -0.3 is 14.8 Å². The zero-order valence-electron chi connectivity index (χ0n) is 14.4. The van der Waals surface area contributed by atoms with Crippen molar-refractivity contribution in [3.05, 3.63) is 53.6 Å². The summed E-state index contributed by atoms with van der Waals surface area (Å²) in [6, 6.07) is 6.21. The summed E-state index contributed by atoms with van der Waals surface area (Å²) in [4.78, 5) is 9.05. The van der Waals surface area contributed by atoms with Crippen LogP contribution in [-0.2, 0) is 13.0 Å². The zero-order valence-corrected chi connectivity index (χ0v) is 14.4. The van der Waals surface area contributed by atoms with Crippen molar-refractivity contribution in [3.8, 4) is 0 Å². The summed E-state index contributed by atoms with van der Waals surface area (Å²) < 4.78 is 2.12. The molecule has 1 fully saturated rings. The summed E-state index contributed by atoms with van der Waals surface area (Å²) in [5, 5.41) is 12.8. The van der Waals surface area contributed by atoms with Crippen molar-refractivity contribution in [2.75, 3.05) is 11.9 Å². The summed E-state index contributed by atoms with van der Waals surface area (Å²) in [7, 11) is 1.98. The number of rotatable bonds is 7. The molecule has 127 valence electrons. The van der Waals surface area contributed by atoms with Gasteiger partial charge >= 0.3 is 0 Å². The van der Waals surface area contributed by atoms with Crippen LogP contribution in [0.3, 0.4) is 0 Å². The number of fused-ring (bicyclic) bond motifs is 1. The number of aliphatic hydroxyl groups excluding tert-OH is 1. The second kappa shape index (κ2) is 6.88. The third kappa shape index (κ3) is 3.54. The Morgan fingerprint density at radius 2 is 2.20 bits per heavy atom. The van der Waals surface area contributed by atoms with Gasteiger partial charge in [0.2, 0.25) is 0 Å². The minimum atomic E-state index is 0.150. The highest BCUT2D eigenvalue weighted by molar-refractivity contribution is 6.50. The van der Waals surface area contributed by atoms with Crippen LogP contribution in [0, 0.1) is 0 Å². The first-order chi connectivity index (χ1) is 12.3. The van der Waals surface area contributed by atoms with E-state index in [1.807, 2.05) is 32.4 Å². The Labute approximate surface area is 148 Å². The number of hydrogen-bond acceptors (Lipinski definition) is 4. The zero-order chi connectivity index (χ0) is 17.2. The van der Waals surface area contributed by atoms with E-state index in [4.69, 9.17) is 4.98 Å². The predicted molar refractivity (Wildman–Crippen MR) is 101 cm³/mol. The Balaban J connectivity index is 1.58. The van der Waals surface area contributed by atoms with Gasteiger partial charge in [0.25, 0.3) is 0 Å². The van der Waals surface area contributed by atoms with E-state index < -0.39 is 0 Å². The van der Waals surface area contributed by atoms with Crippen molar-refractivity contribution in [2.45, 2.75) is 38.5 Å². The first kappa shape index (κ1) is 16.2. The standard InChI is InChI=1S/C19H22BN4O/c1-20-18-9-16(4-6-21-18)22-10-17-12-24-11-15(13-2-3-13)8-14(5-7-25)19(24)23-17/h4,6,8-9,11-13,25H,2-3,5,7,10H2,1H3,(H,21,22). The van der Waals surface area contributed by atoms with Gasteiger partial charge in [0.05, 0.1) is 12.2 Å². The van der Waals surface area contributed by atoms with Gasteiger partial charge in [0.1, 0.15) is 5.65 Å². The molecule has 0 atom stereocenters. The normalized spacial score (nSPS) is 14.0. The lowest BCUT2D eigenvalue weighted by Crippen LogP contribution is -2.15. The molecule has 3 heterocycles. The van der Waals surface area contributed by atoms with Crippen molar-refractivity contribution < 1.29 is 5.11 Å². The van der Waals surface area contributed by atoms with Crippen LogP contribution in [0.4, 0.5) is 5.69 Å². The summed E-state index contributed by atoms with van der Waals surface area (Å²) in [5.41, 5.74) is 6.43. The Kier molecular flexibility index (Phi) is 4.45. The molecule has 0 aliphatic heterocycles. The van der Waals surface area contributed by atoms with Gasteiger partial charge in [-0.25, -0.2) is 4.98 Å². The largest absolute Gasteiger partial charge is 0.396 e. The van der Waals surface area contributed by atoms with Gasteiger partial charge in [-0.1, -0.05) is 12.9 Å². The molecule has 0 unspecified atom stereocenters. The molecule has 5 nitrogen and oxygen atoms in total. The number of imidazole rings is 1. The third-order valence-corrected chi connectivity index (χ3v) is 4.68. The second-order valence-corrected chi connectivity index (χ2v) is 6.62. The maximum atomic E-state index is 9.37. The average Bonchev–Trinajstić information content (AvgIpc) is 3.40. The van der Waals surface area contributed by atoms with Crippen LogP contribution in [0.25, 0.3) is 5.65 Å². The first-order valence-electron chi connectivity index (χ1n) is 8.87. The molecule has 2 N–H and O–H groups in total.